The molecule has 1 aromatic heterocycles. The largest absolute Gasteiger partial charge is 0.444 e. The van der Waals surface area contributed by atoms with E-state index in [1.54, 1.807) is 0 Å². The normalized spacial score (nSPS) is 22.2. The van der Waals surface area contributed by atoms with Crippen molar-refractivity contribution in [3.05, 3.63) is 59.4 Å². The lowest BCUT2D eigenvalue weighted by atomic mass is 9.71. The zero-order valence-corrected chi connectivity index (χ0v) is 23.5. The van der Waals surface area contributed by atoms with E-state index < -0.39 is 11.7 Å². The average Bonchev–Trinajstić information content (AvgIpc) is 3.12. The van der Waals surface area contributed by atoms with Gasteiger partial charge >= 0.3 is 6.09 Å². The maximum atomic E-state index is 13.6. The Morgan fingerprint density at radius 3 is 2.24 bits per heavy atom. The van der Waals surface area contributed by atoms with Crippen molar-refractivity contribution in [2.45, 2.75) is 83.8 Å². The second kappa shape index (κ2) is 9.90. The monoisotopic (exact) mass is 518 g/mol. The van der Waals surface area contributed by atoms with Crippen molar-refractivity contribution >= 4 is 17.7 Å². The summed E-state index contributed by atoms with van der Waals surface area (Å²) in [5, 5.41) is 3.05. The zero-order chi connectivity index (χ0) is 27.1. The summed E-state index contributed by atoms with van der Waals surface area (Å²) in [6, 6.07) is 10.1. The van der Waals surface area contributed by atoms with E-state index in [0.717, 1.165) is 51.0 Å². The lowest BCUT2D eigenvalue weighted by Gasteiger charge is -2.47. The number of likely N-dealkylation sites (tertiary alicyclic amines) is 1. The van der Waals surface area contributed by atoms with Gasteiger partial charge in [0, 0.05) is 49.8 Å². The first-order valence-electron chi connectivity index (χ1n) is 14.0. The van der Waals surface area contributed by atoms with Crippen LogP contribution >= 0.6 is 0 Å². The number of benzene rings is 1. The Morgan fingerprint density at radius 2 is 1.61 bits per heavy atom. The van der Waals surface area contributed by atoms with Gasteiger partial charge in [-0.2, -0.15) is 0 Å². The Bertz CT molecular complexity index is 1170. The minimum Gasteiger partial charge on any atom is -0.444 e. The third-order valence-corrected chi connectivity index (χ3v) is 8.77. The lowest BCUT2D eigenvalue weighted by Crippen LogP contribution is -2.48. The fraction of sp³-hybridized carbons (Fsp3) is 0.581. The number of piperidine rings is 2. The van der Waals surface area contributed by atoms with Crippen molar-refractivity contribution in [3.8, 4) is 0 Å². The number of rotatable bonds is 3. The first-order chi connectivity index (χ1) is 17.9. The summed E-state index contributed by atoms with van der Waals surface area (Å²) in [6.45, 7) is 13.7. The second-order valence-corrected chi connectivity index (χ2v) is 13.1. The highest BCUT2D eigenvalue weighted by Gasteiger charge is 2.41. The fourth-order valence-electron chi connectivity index (χ4n) is 6.57. The summed E-state index contributed by atoms with van der Waals surface area (Å²) in [4.78, 5) is 34.7. The Hall–Kier alpha value is -3.09. The number of hydrogen-bond acceptors (Lipinski definition) is 5. The molecule has 2 aromatic rings. The molecule has 1 aliphatic carbocycles. The number of pyridine rings is 1. The summed E-state index contributed by atoms with van der Waals surface area (Å²) >= 11 is 0. The summed E-state index contributed by atoms with van der Waals surface area (Å²) in [5.74, 6) is 0.0950. The predicted octanol–water partition coefficient (Wildman–Crippen LogP) is 5.85. The summed E-state index contributed by atoms with van der Waals surface area (Å²) in [7, 11) is 0. The molecule has 2 fully saturated rings. The van der Waals surface area contributed by atoms with Gasteiger partial charge in [-0.3, -0.25) is 9.78 Å². The molecule has 3 heterocycles. The Balaban J connectivity index is 1.23. The Morgan fingerprint density at radius 1 is 0.974 bits per heavy atom. The van der Waals surface area contributed by atoms with Gasteiger partial charge in [-0.1, -0.05) is 19.9 Å². The molecule has 2 saturated heterocycles. The standard InChI is InChI=1S/C31H42N4O3/c1-29(2,3)38-28(37)33-26-21-30(4,5)25-7-6-22(20-24(25)26)27(36)35-18-12-31(13-19-35)10-16-34(17-11-31)23-8-14-32-15-9-23/h6-9,14-15,20,26H,10-13,16-19,21H2,1-5H3,(H,33,37). The highest BCUT2D eigenvalue weighted by molar-refractivity contribution is 5.94. The van der Waals surface area contributed by atoms with E-state index in [4.69, 9.17) is 4.74 Å². The third kappa shape index (κ3) is 5.52. The van der Waals surface area contributed by atoms with Crippen molar-refractivity contribution in [2.24, 2.45) is 5.41 Å². The van der Waals surface area contributed by atoms with E-state index in [0.29, 0.717) is 11.0 Å². The first kappa shape index (κ1) is 26.5. The van der Waals surface area contributed by atoms with Crippen LogP contribution in [0.4, 0.5) is 10.5 Å². The highest BCUT2D eigenvalue weighted by atomic mass is 16.6. The van der Waals surface area contributed by atoms with Crippen molar-refractivity contribution in [3.63, 3.8) is 0 Å². The Kier molecular flexibility index (Phi) is 6.91. The van der Waals surface area contributed by atoms with Crippen molar-refractivity contribution in [1.82, 2.24) is 15.2 Å². The van der Waals surface area contributed by atoms with Gasteiger partial charge in [0.25, 0.3) is 5.91 Å². The van der Waals surface area contributed by atoms with Crippen molar-refractivity contribution in [1.29, 1.82) is 0 Å². The molecule has 7 heteroatoms. The van der Waals surface area contributed by atoms with E-state index >= 15 is 0 Å². The molecule has 7 nitrogen and oxygen atoms in total. The van der Waals surface area contributed by atoms with E-state index in [2.05, 4.69) is 47.2 Å². The van der Waals surface area contributed by atoms with Crippen LogP contribution in [0.5, 0.6) is 0 Å². The van der Waals surface area contributed by atoms with Gasteiger partial charge in [0.2, 0.25) is 0 Å². The number of aromatic nitrogens is 1. The number of amides is 2. The number of fused-ring (bicyclic) bond motifs is 1. The van der Waals surface area contributed by atoms with Gasteiger partial charge in [-0.05, 0) is 99.1 Å². The number of anilines is 1. The highest BCUT2D eigenvalue weighted by Crippen LogP contribution is 2.46. The minimum absolute atomic E-state index is 0.0841. The van der Waals surface area contributed by atoms with Crippen LogP contribution in [-0.2, 0) is 10.2 Å². The third-order valence-electron chi connectivity index (χ3n) is 8.77. The van der Waals surface area contributed by atoms with Crippen molar-refractivity contribution in [2.75, 3.05) is 31.1 Å². The van der Waals surface area contributed by atoms with Crippen LogP contribution in [0.3, 0.4) is 0 Å². The maximum absolute atomic E-state index is 13.6. The predicted molar refractivity (Wildman–Crippen MR) is 149 cm³/mol. The molecular formula is C31H42N4O3. The molecule has 1 spiro atoms. The SMILES string of the molecule is CC(C)(C)OC(=O)NC1CC(C)(C)c2ccc(C(=O)N3CCC4(CC3)CCN(c3ccncc3)CC4)cc21. The van der Waals surface area contributed by atoms with Crippen LogP contribution in [-0.4, -0.2) is 53.7 Å². The molecule has 1 atom stereocenters. The number of nitrogens with zero attached hydrogens (tertiary/aromatic N) is 3. The molecule has 0 bridgehead atoms. The fourth-order valence-corrected chi connectivity index (χ4v) is 6.57. The van der Waals surface area contributed by atoms with Gasteiger partial charge in [0.1, 0.15) is 5.60 Å². The van der Waals surface area contributed by atoms with E-state index in [1.807, 2.05) is 50.2 Å². The lowest BCUT2D eigenvalue weighted by molar-refractivity contribution is 0.0498. The number of carbonyl (C=O) groups is 2. The molecule has 1 N–H and O–H groups in total. The molecule has 2 amide bonds. The number of hydrogen-bond donors (Lipinski definition) is 1. The minimum atomic E-state index is -0.555. The molecule has 0 radical (unpaired) electrons. The first-order valence-corrected chi connectivity index (χ1v) is 14.0. The number of alkyl carbamates (subject to hydrolysis) is 1. The van der Waals surface area contributed by atoms with Crippen LogP contribution in [0, 0.1) is 5.41 Å². The quantitative estimate of drug-likeness (QED) is 0.552. The van der Waals surface area contributed by atoms with Gasteiger partial charge in [0.05, 0.1) is 6.04 Å². The summed E-state index contributed by atoms with van der Waals surface area (Å²) in [5.41, 5.74) is 3.88. The van der Waals surface area contributed by atoms with Crippen LogP contribution in [0.1, 0.15) is 94.2 Å². The second-order valence-electron chi connectivity index (χ2n) is 13.1. The average molecular weight is 519 g/mol. The molecule has 38 heavy (non-hydrogen) atoms. The van der Waals surface area contributed by atoms with E-state index in [9.17, 15) is 9.59 Å². The molecular weight excluding hydrogens is 476 g/mol. The molecule has 204 valence electrons. The van der Waals surface area contributed by atoms with Gasteiger partial charge in [-0.15, -0.1) is 0 Å². The molecule has 1 aromatic carbocycles. The maximum Gasteiger partial charge on any atom is 0.408 e. The van der Waals surface area contributed by atoms with E-state index in [1.165, 1.54) is 24.1 Å². The number of ether oxygens (including phenoxy) is 1. The van der Waals surface area contributed by atoms with E-state index in [-0.39, 0.29) is 17.4 Å². The summed E-state index contributed by atoms with van der Waals surface area (Å²) < 4.78 is 5.51. The van der Waals surface area contributed by atoms with Gasteiger partial charge in [0.15, 0.2) is 0 Å². The smallest absolute Gasteiger partial charge is 0.408 e. The van der Waals surface area contributed by atoms with Gasteiger partial charge in [-0.25, -0.2) is 4.79 Å². The van der Waals surface area contributed by atoms with Crippen molar-refractivity contribution < 1.29 is 14.3 Å². The molecule has 0 saturated carbocycles. The Labute approximate surface area is 226 Å². The number of nitrogens with one attached hydrogen (secondary N) is 1. The molecule has 5 rings (SSSR count). The topological polar surface area (TPSA) is 74.8 Å². The van der Waals surface area contributed by atoms with Crippen LogP contribution in [0.15, 0.2) is 42.7 Å². The molecule has 3 aliphatic rings. The van der Waals surface area contributed by atoms with Crippen LogP contribution < -0.4 is 10.2 Å². The van der Waals surface area contributed by atoms with Crippen LogP contribution in [0.2, 0.25) is 0 Å². The summed E-state index contributed by atoms with van der Waals surface area (Å²) in [6.07, 6.45) is 8.54. The zero-order valence-electron chi connectivity index (χ0n) is 23.5. The molecule has 1 unspecified atom stereocenters. The van der Waals surface area contributed by atoms with Gasteiger partial charge < -0.3 is 19.9 Å². The number of carbonyl (C=O) groups excluding carboxylic acids is 2. The van der Waals surface area contributed by atoms with Crippen LogP contribution in [0.25, 0.3) is 0 Å². The molecule has 2 aliphatic heterocycles.